The van der Waals surface area contributed by atoms with Crippen molar-refractivity contribution in [3.8, 4) is 34.8 Å². The molecule has 4 heteroatoms. The molecule has 0 radical (unpaired) electrons. The normalized spacial score (nSPS) is 9.90. The van der Waals surface area contributed by atoms with Crippen LogP contribution in [-0.2, 0) is 0 Å². The lowest BCUT2D eigenvalue weighted by molar-refractivity contribution is 0.566. The third-order valence-electron chi connectivity index (χ3n) is 2.89. The molecular formula is C16H8N2O2. The Morgan fingerprint density at radius 3 is 1.30 bits per heavy atom. The molecule has 0 N–H and O–H groups in total. The largest absolute Gasteiger partial charge is 0.446 e. The summed E-state index contributed by atoms with van der Waals surface area (Å²) in [5.41, 5.74) is 1.75. The molecule has 0 saturated heterocycles. The number of rotatable bonds is 2. The smallest absolute Gasteiger partial charge is 0.204 e. The molecule has 4 nitrogen and oxygen atoms in total. The minimum Gasteiger partial charge on any atom is -0.446 e. The van der Waals surface area contributed by atoms with Gasteiger partial charge in [-0.25, -0.2) is 0 Å². The van der Waals surface area contributed by atoms with Crippen LogP contribution in [0, 0.1) is 22.7 Å². The van der Waals surface area contributed by atoms with E-state index in [2.05, 4.69) is 0 Å². The first kappa shape index (κ1) is 11.8. The molecule has 0 unspecified atom stereocenters. The maximum atomic E-state index is 8.73. The number of furan rings is 2. The average molecular weight is 260 g/mol. The van der Waals surface area contributed by atoms with Crippen LogP contribution in [-0.4, -0.2) is 0 Å². The molecule has 0 bridgehead atoms. The molecule has 0 aliphatic rings. The van der Waals surface area contributed by atoms with Gasteiger partial charge >= 0.3 is 0 Å². The molecule has 1 aromatic carbocycles. The van der Waals surface area contributed by atoms with Crippen molar-refractivity contribution in [1.82, 2.24) is 0 Å². The summed E-state index contributed by atoms with van der Waals surface area (Å²) in [7, 11) is 0. The van der Waals surface area contributed by atoms with E-state index in [0.29, 0.717) is 11.5 Å². The summed E-state index contributed by atoms with van der Waals surface area (Å²) in [5, 5.41) is 17.5. The van der Waals surface area contributed by atoms with Gasteiger partial charge < -0.3 is 8.83 Å². The molecule has 2 heterocycles. The molecule has 0 fully saturated rings. The maximum Gasteiger partial charge on any atom is 0.204 e. The SMILES string of the molecule is N#Cc1ccc(-c2ccc(-c3ccc(C#N)o3)cc2)o1. The van der Waals surface area contributed by atoms with Crippen LogP contribution in [0.5, 0.6) is 0 Å². The van der Waals surface area contributed by atoms with Gasteiger partial charge in [-0.2, -0.15) is 10.5 Å². The van der Waals surface area contributed by atoms with Gasteiger partial charge in [-0.15, -0.1) is 0 Å². The van der Waals surface area contributed by atoms with E-state index in [1.165, 1.54) is 0 Å². The van der Waals surface area contributed by atoms with E-state index in [-0.39, 0.29) is 11.5 Å². The fourth-order valence-corrected chi connectivity index (χ4v) is 1.90. The first-order valence-electron chi connectivity index (χ1n) is 5.91. The van der Waals surface area contributed by atoms with Gasteiger partial charge in [-0.1, -0.05) is 24.3 Å². The zero-order valence-electron chi connectivity index (χ0n) is 10.3. The molecule has 0 spiro atoms. The Morgan fingerprint density at radius 1 is 0.600 bits per heavy atom. The van der Waals surface area contributed by atoms with Crippen LogP contribution < -0.4 is 0 Å². The van der Waals surface area contributed by atoms with Gasteiger partial charge in [0.25, 0.3) is 0 Å². The van der Waals surface area contributed by atoms with Crippen LogP contribution in [0.4, 0.5) is 0 Å². The summed E-state index contributed by atoms with van der Waals surface area (Å²) in [4.78, 5) is 0. The highest BCUT2D eigenvalue weighted by Gasteiger charge is 2.07. The summed E-state index contributed by atoms with van der Waals surface area (Å²) in [6, 6.07) is 18.2. The Hall–Kier alpha value is -3.24. The maximum absolute atomic E-state index is 8.73. The predicted octanol–water partition coefficient (Wildman–Crippen LogP) is 3.95. The highest BCUT2D eigenvalue weighted by atomic mass is 16.3. The van der Waals surface area contributed by atoms with Gasteiger partial charge in [0.2, 0.25) is 11.5 Å². The van der Waals surface area contributed by atoms with E-state index in [9.17, 15) is 0 Å². The van der Waals surface area contributed by atoms with Crippen LogP contribution in [0.1, 0.15) is 11.5 Å². The predicted molar refractivity (Wildman–Crippen MR) is 71.3 cm³/mol. The standard InChI is InChI=1S/C16H8N2O2/c17-9-13-5-7-15(19-13)11-1-2-12(4-3-11)16-8-6-14(10-18)20-16/h1-8H. The summed E-state index contributed by atoms with van der Waals surface area (Å²) in [5.74, 6) is 1.86. The van der Waals surface area contributed by atoms with Crippen molar-refractivity contribution in [1.29, 1.82) is 10.5 Å². The number of nitrogens with zero attached hydrogens (tertiary/aromatic N) is 2. The third kappa shape index (κ3) is 2.07. The zero-order chi connectivity index (χ0) is 13.9. The van der Waals surface area contributed by atoms with Gasteiger partial charge in [-0.05, 0) is 24.3 Å². The van der Waals surface area contributed by atoms with Crippen molar-refractivity contribution in [2.75, 3.05) is 0 Å². The highest BCUT2D eigenvalue weighted by molar-refractivity contribution is 5.65. The minimum atomic E-state index is 0.286. The lowest BCUT2D eigenvalue weighted by atomic mass is 10.1. The Morgan fingerprint density at radius 2 is 1.00 bits per heavy atom. The Kier molecular flexibility index (Phi) is 2.84. The molecule has 20 heavy (non-hydrogen) atoms. The van der Waals surface area contributed by atoms with E-state index in [0.717, 1.165) is 11.1 Å². The molecule has 94 valence electrons. The Labute approximate surface area is 115 Å². The van der Waals surface area contributed by atoms with Crippen molar-refractivity contribution < 1.29 is 8.83 Å². The number of hydrogen-bond acceptors (Lipinski definition) is 4. The van der Waals surface area contributed by atoms with Crippen molar-refractivity contribution in [2.24, 2.45) is 0 Å². The van der Waals surface area contributed by atoms with Crippen molar-refractivity contribution in [3.63, 3.8) is 0 Å². The number of hydrogen-bond donors (Lipinski definition) is 0. The molecular weight excluding hydrogens is 252 g/mol. The topological polar surface area (TPSA) is 73.9 Å². The lowest BCUT2D eigenvalue weighted by Gasteiger charge is -1.99. The van der Waals surface area contributed by atoms with Crippen LogP contribution in [0.25, 0.3) is 22.6 Å². The van der Waals surface area contributed by atoms with Crippen LogP contribution in [0.15, 0.2) is 57.4 Å². The molecule has 0 aliphatic carbocycles. The molecule has 3 rings (SSSR count). The molecule has 0 amide bonds. The fraction of sp³-hybridized carbons (Fsp3) is 0. The number of nitriles is 2. The van der Waals surface area contributed by atoms with E-state index in [4.69, 9.17) is 19.4 Å². The summed E-state index contributed by atoms with van der Waals surface area (Å²) in [6.45, 7) is 0. The van der Waals surface area contributed by atoms with Crippen molar-refractivity contribution >= 4 is 0 Å². The van der Waals surface area contributed by atoms with Gasteiger partial charge in [0.15, 0.2) is 0 Å². The second-order valence-corrected chi connectivity index (χ2v) is 4.13. The summed E-state index contributed by atoms with van der Waals surface area (Å²) >= 11 is 0. The first-order valence-corrected chi connectivity index (χ1v) is 5.91. The van der Waals surface area contributed by atoms with Gasteiger partial charge in [0, 0.05) is 11.1 Å². The van der Waals surface area contributed by atoms with E-state index in [1.807, 2.05) is 36.4 Å². The van der Waals surface area contributed by atoms with Gasteiger partial charge in [0.05, 0.1) is 0 Å². The van der Waals surface area contributed by atoms with E-state index in [1.54, 1.807) is 24.3 Å². The van der Waals surface area contributed by atoms with Crippen LogP contribution in [0.2, 0.25) is 0 Å². The van der Waals surface area contributed by atoms with Gasteiger partial charge in [-0.3, -0.25) is 0 Å². The fourth-order valence-electron chi connectivity index (χ4n) is 1.90. The molecule has 3 aromatic rings. The van der Waals surface area contributed by atoms with Gasteiger partial charge in [0.1, 0.15) is 23.7 Å². The second-order valence-electron chi connectivity index (χ2n) is 4.13. The van der Waals surface area contributed by atoms with Crippen LogP contribution in [0.3, 0.4) is 0 Å². The van der Waals surface area contributed by atoms with Crippen LogP contribution >= 0.6 is 0 Å². The lowest BCUT2D eigenvalue weighted by Crippen LogP contribution is -1.76. The van der Waals surface area contributed by atoms with E-state index >= 15 is 0 Å². The second kappa shape index (κ2) is 4.79. The first-order chi connectivity index (χ1) is 9.80. The third-order valence-corrected chi connectivity index (χ3v) is 2.89. The van der Waals surface area contributed by atoms with E-state index < -0.39 is 0 Å². The molecule has 0 aliphatic heterocycles. The summed E-state index contributed by atoms with van der Waals surface area (Å²) < 4.78 is 10.7. The summed E-state index contributed by atoms with van der Waals surface area (Å²) in [6.07, 6.45) is 0. The average Bonchev–Trinajstić information content (AvgIpc) is 3.16. The monoisotopic (exact) mass is 260 g/mol. The van der Waals surface area contributed by atoms with Crippen molar-refractivity contribution in [2.45, 2.75) is 0 Å². The Bertz CT molecular complexity index is 755. The number of benzene rings is 1. The molecule has 0 atom stereocenters. The minimum absolute atomic E-state index is 0.286. The zero-order valence-corrected chi connectivity index (χ0v) is 10.3. The molecule has 2 aromatic heterocycles. The Balaban J connectivity index is 1.91. The quantitative estimate of drug-likeness (QED) is 0.699. The highest BCUT2D eigenvalue weighted by Crippen LogP contribution is 2.27. The molecule has 0 saturated carbocycles. The van der Waals surface area contributed by atoms with Crippen molar-refractivity contribution in [3.05, 3.63) is 60.1 Å².